The average molecular weight is 336 g/mol. The Morgan fingerprint density at radius 3 is 2.38 bits per heavy atom. The largest absolute Gasteiger partial charge is 0.466 e. The molecule has 0 aliphatic carbocycles. The van der Waals surface area contributed by atoms with Gasteiger partial charge in [0, 0.05) is 25.6 Å². The summed E-state index contributed by atoms with van der Waals surface area (Å²) in [7, 11) is 0. The van der Waals surface area contributed by atoms with E-state index in [-0.39, 0.29) is 17.9 Å². The van der Waals surface area contributed by atoms with Gasteiger partial charge < -0.3 is 14.6 Å². The zero-order chi connectivity index (χ0) is 18.3. The van der Waals surface area contributed by atoms with E-state index in [0.717, 1.165) is 18.6 Å². The molecule has 0 saturated heterocycles. The second kappa shape index (κ2) is 9.50. The SMILES string of the molecule is CC[C@H](C)NC(=O)CCN(CCC(C)C)C(=O)c1cc(C)oc1C. The zero-order valence-electron chi connectivity index (χ0n) is 15.9. The van der Waals surface area contributed by atoms with Gasteiger partial charge in [-0.3, -0.25) is 9.59 Å². The highest BCUT2D eigenvalue weighted by atomic mass is 16.3. The minimum atomic E-state index is -0.0543. The Bertz CT molecular complexity index is 549. The molecular formula is C19H32N2O3. The highest BCUT2D eigenvalue weighted by Gasteiger charge is 2.21. The first-order valence-corrected chi connectivity index (χ1v) is 8.90. The number of carbonyl (C=O) groups is 2. The summed E-state index contributed by atoms with van der Waals surface area (Å²) in [6.45, 7) is 13.0. The van der Waals surface area contributed by atoms with Crippen LogP contribution in [0.2, 0.25) is 0 Å². The van der Waals surface area contributed by atoms with Crippen LogP contribution in [0.1, 0.15) is 68.8 Å². The van der Waals surface area contributed by atoms with Crippen molar-refractivity contribution in [1.82, 2.24) is 10.2 Å². The van der Waals surface area contributed by atoms with Gasteiger partial charge in [0.25, 0.3) is 5.91 Å². The van der Waals surface area contributed by atoms with E-state index >= 15 is 0 Å². The Kier molecular flexibility index (Phi) is 8.02. The predicted molar refractivity (Wildman–Crippen MR) is 96.1 cm³/mol. The van der Waals surface area contributed by atoms with Crippen molar-refractivity contribution >= 4 is 11.8 Å². The second-order valence-corrected chi connectivity index (χ2v) is 6.93. The number of rotatable bonds is 9. The molecule has 0 spiro atoms. The van der Waals surface area contributed by atoms with Crippen molar-refractivity contribution in [3.05, 3.63) is 23.2 Å². The Labute approximate surface area is 145 Å². The van der Waals surface area contributed by atoms with Crippen LogP contribution in [0.3, 0.4) is 0 Å². The standard InChI is InChI=1S/C19H32N2O3/c1-7-14(4)20-18(22)9-11-21(10-8-13(2)3)19(23)17-12-15(5)24-16(17)6/h12-14H,7-11H2,1-6H3,(H,20,22)/t14-/m0/s1. The average Bonchev–Trinajstić information content (AvgIpc) is 2.84. The van der Waals surface area contributed by atoms with Crippen molar-refractivity contribution in [1.29, 1.82) is 0 Å². The summed E-state index contributed by atoms with van der Waals surface area (Å²) >= 11 is 0. The van der Waals surface area contributed by atoms with E-state index in [1.54, 1.807) is 17.9 Å². The lowest BCUT2D eigenvalue weighted by Gasteiger charge is -2.23. The first kappa shape index (κ1) is 20.3. The monoisotopic (exact) mass is 336 g/mol. The second-order valence-electron chi connectivity index (χ2n) is 6.93. The van der Waals surface area contributed by atoms with Gasteiger partial charge in [-0.1, -0.05) is 20.8 Å². The molecule has 1 heterocycles. The third-order valence-corrected chi connectivity index (χ3v) is 4.16. The number of furan rings is 1. The van der Waals surface area contributed by atoms with E-state index in [0.29, 0.717) is 36.8 Å². The van der Waals surface area contributed by atoms with Crippen LogP contribution in [-0.4, -0.2) is 35.8 Å². The van der Waals surface area contributed by atoms with Gasteiger partial charge in [-0.05, 0) is 45.6 Å². The maximum atomic E-state index is 12.8. The van der Waals surface area contributed by atoms with Gasteiger partial charge in [0.15, 0.2) is 0 Å². The number of nitrogens with one attached hydrogen (secondary N) is 1. The van der Waals surface area contributed by atoms with Crippen molar-refractivity contribution in [3.63, 3.8) is 0 Å². The molecule has 0 unspecified atom stereocenters. The van der Waals surface area contributed by atoms with E-state index in [1.165, 1.54) is 0 Å². The summed E-state index contributed by atoms with van der Waals surface area (Å²) in [6, 6.07) is 1.94. The number of amides is 2. The minimum Gasteiger partial charge on any atom is -0.466 e. The van der Waals surface area contributed by atoms with Crippen LogP contribution in [-0.2, 0) is 4.79 Å². The van der Waals surface area contributed by atoms with Crippen molar-refractivity contribution in [3.8, 4) is 0 Å². The lowest BCUT2D eigenvalue weighted by Crippen LogP contribution is -2.38. The van der Waals surface area contributed by atoms with Crippen molar-refractivity contribution in [2.24, 2.45) is 5.92 Å². The van der Waals surface area contributed by atoms with Crippen LogP contribution in [0.25, 0.3) is 0 Å². The maximum absolute atomic E-state index is 12.8. The van der Waals surface area contributed by atoms with Gasteiger partial charge in [-0.2, -0.15) is 0 Å². The minimum absolute atomic E-state index is 0.00760. The first-order chi connectivity index (χ1) is 11.2. The molecule has 1 atom stereocenters. The fourth-order valence-electron chi connectivity index (χ4n) is 2.43. The molecule has 1 aromatic rings. The van der Waals surface area contributed by atoms with E-state index in [4.69, 9.17) is 4.42 Å². The lowest BCUT2D eigenvalue weighted by atomic mass is 10.1. The molecule has 1 rings (SSSR count). The van der Waals surface area contributed by atoms with Gasteiger partial charge in [-0.15, -0.1) is 0 Å². The van der Waals surface area contributed by atoms with Gasteiger partial charge in [0.05, 0.1) is 5.56 Å². The highest BCUT2D eigenvalue weighted by molar-refractivity contribution is 5.95. The summed E-state index contributed by atoms with van der Waals surface area (Å²) in [4.78, 5) is 26.6. The predicted octanol–water partition coefficient (Wildman–Crippen LogP) is 3.69. The molecule has 5 heteroatoms. The van der Waals surface area contributed by atoms with Crippen molar-refractivity contribution < 1.29 is 14.0 Å². The van der Waals surface area contributed by atoms with Crippen LogP contribution in [0.4, 0.5) is 0 Å². The summed E-state index contributed by atoms with van der Waals surface area (Å²) < 4.78 is 5.48. The van der Waals surface area contributed by atoms with Gasteiger partial charge >= 0.3 is 0 Å². The summed E-state index contributed by atoms with van der Waals surface area (Å²) in [5.41, 5.74) is 0.596. The Hall–Kier alpha value is -1.78. The summed E-state index contributed by atoms with van der Waals surface area (Å²) in [5.74, 6) is 1.81. The summed E-state index contributed by atoms with van der Waals surface area (Å²) in [6.07, 6.45) is 2.13. The molecular weight excluding hydrogens is 304 g/mol. The first-order valence-electron chi connectivity index (χ1n) is 8.90. The smallest absolute Gasteiger partial charge is 0.257 e. The van der Waals surface area contributed by atoms with Crippen molar-refractivity contribution in [2.75, 3.05) is 13.1 Å². The van der Waals surface area contributed by atoms with Gasteiger partial charge in [-0.25, -0.2) is 0 Å². The molecule has 1 aromatic heterocycles. The lowest BCUT2D eigenvalue weighted by molar-refractivity contribution is -0.121. The molecule has 0 fully saturated rings. The molecule has 2 amide bonds. The van der Waals surface area contributed by atoms with E-state index < -0.39 is 0 Å². The van der Waals surface area contributed by atoms with E-state index in [1.807, 2.05) is 20.8 Å². The van der Waals surface area contributed by atoms with Crippen LogP contribution < -0.4 is 5.32 Å². The molecule has 136 valence electrons. The van der Waals surface area contributed by atoms with Crippen LogP contribution in [0.5, 0.6) is 0 Å². The fraction of sp³-hybridized carbons (Fsp3) is 0.684. The quantitative estimate of drug-likeness (QED) is 0.748. The normalized spacial score (nSPS) is 12.3. The zero-order valence-corrected chi connectivity index (χ0v) is 15.9. The third-order valence-electron chi connectivity index (χ3n) is 4.16. The van der Waals surface area contributed by atoms with Crippen molar-refractivity contribution in [2.45, 2.75) is 66.8 Å². The molecule has 0 aromatic carbocycles. The van der Waals surface area contributed by atoms with Gasteiger partial charge in [0.1, 0.15) is 11.5 Å². The molecule has 0 radical (unpaired) electrons. The third kappa shape index (κ3) is 6.38. The van der Waals surface area contributed by atoms with Gasteiger partial charge in [0.2, 0.25) is 5.91 Å². The molecule has 0 saturated carbocycles. The Morgan fingerprint density at radius 2 is 1.88 bits per heavy atom. The van der Waals surface area contributed by atoms with E-state index in [2.05, 4.69) is 19.2 Å². The number of nitrogens with zero attached hydrogens (tertiary/aromatic N) is 1. The molecule has 5 nitrogen and oxygen atoms in total. The Balaban J connectivity index is 2.74. The molecule has 1 N–H and O–H groups in total. The maximum Gasteiger partial charge on any atom is 0.257 e. The summed E-state index contributed by atoms with van der Waals surface area (Å²) in [5, 5.41) is 2.95. The fourth-order valence-corrected chi connectivity index (χ4v) is 2.43. The van der Waals surface area contributed by atoms with E-state index in [9.17, 15) is 9.59 Å². The number of carbonyl (C=O) groups excluding carboxylic acids is 2. The Morgan fingerprint density at radius 1 is 1.21 bits per heavy atom. The number of hydrogen-bond acceptors (Lipinski definition) is 3. The molecule has 24 heavy (non-hydrogen) atoms. The molecule has 0 bridgehead atoms. The number of hydrogen-bond donors (Lipinski definition) is 1. The van der Waals surface area contributed by atoms with Crippen LogP contribution in [0, 0.1) is 19.8 Å². The van der Waals surface area contributed by atoms with Crippen LogP contribution >= 0.6 is 0 Å². The molecule has 0 aliphatic rings. The molecule has 0 aliphatic heterocycles. The highest BCUT2D eigenvalue weighted by Crippen LogP contribution is 2.17. The topological polar surface area (TPSA) is 62.6 Å². The number of aryl methyl sites for hydroxylation is 2. The van der Waals surface area contributed by atoms with Crippen LogP contribution in [0.15, 0.2) is 10.5 Å².